The Hall–Kier alpha value is -2.66. The van der Waals surface area contributed by atoms with Gasteiger partial charge in [-0.1, -0.05) is 37.2 Å². The molecule has 4 rings (SSSR count). The molecule has 0 spiro atoms. The molecule has 1 atom stereocenters. The summed E-state index contributed by atoms with van der Waals surface area (Å²) in [6.07, 6.45) is 3.60. The number of hydrogen-bond donors (Lipinski definition) is 1. The van der Waals surface area contributed by atoms with E-state index in [1.54, 1.807) is 6.26 Å². The van der Waals surface area contributed by atoms with E-state index in [-0.39, 0.29) is 11.9 Å². The molecule has 0 saturated heterocycles. The third-order valence-corrected chi connectivity index (χ3v) is 8.18. The average Bonchev–Trinajstić information content (AvgIpc) is 3.66. The first-order valence-corrected chi connectivity index (χ1v) is 14.6. The highest BCUT2D eigenvalue weighted by atomic mass is 35.5. The number of amides is 1. The van der Waals surface area contributed by atoms with Crippen LogP contribution in [0.25, 0.3) is 17.3 Å². The monoisotopic (exact) mass is 558 g/mol. The maximum Gasteiger partial charge on any atom is 0.270 e. The zero-order valence-corrected chi connectivity index (χ0v) is 23.6. The second kappa shape index (κ2) is 13.2. The maximum absolute atomic E-state index is 12.7. The number of thioether (sulfide) groups is 1. The summed E-state index contributed by atoms with van der Waals surface area (Å²) >= 11 is 9.06. The zero-order chi connectivity index (χ0) is 26.2. The summed E-state index contributed by atoms with van der Waals surface area (Å²) < 4.78 is 7.51. The lowest BCUT2D eigenvalue weighted by atomic mass is 10.1. The molecule has 8 nitrogen and oxygen atoms in total. The van der Waals surface area contributed by atoms with Gasteiger partial charge in [-0.3, -0.25) is 9.36 Å². The molecule has 1 amide bonds. The number of carbonyl (C=O) groups is 1. The number of hydrogen-bond acceptors (Lipinski definition) is 8. The minimum atomic E-state index is -0.132. The number of thiazole rings is 1. The van der Waals surface area contributed by atoms with Crippen LogP contribution in [0.15, 0.2) is 57.6 Å². The van der Waals surface area contributed by atoms with Gasteiger partial charge in [-0.25, -0.2) is 4.98 Å². The summed E-state index contributed by atoms with van der Waals surface area (Å²) in [4.78, 5) is 19.7. The number of benzene rings is 1. The molecule has 3 heterocycles. The van der Waals surface area contributed by atoms with Crippen molar-refractivity contribution in [2.45, 2.75) is 50.6 Å². The predicted molar refractivity (Wildman–Crippen MR) is 150 cm³/mol. The van der Waals surface area contributed by atoms with E-state index < -0.39 is 0 Å². The van der Waals surface area contributed by atoms with E-state index in [9.17, 15) is 4.79 Å². The van der Waals surface area contributed by atoms with Gasteiger partial charge < -0.3 is 14.6 Å². The predicted octanol–water partition coefficient (Wildman–Crippen LogP) is 6.17. The van der Waals surface area contributed by atoms with Gasteiger partial charge in [-0.05, 0) is 75.8 Å². The molecule has 0 aliphatic carbocycles. The van der Waals surface area contributed by atoms with Crippen molar-refractivity contribution in [2.75, 3.05) is 19.6 Å². The smallest absolute Gasteiger partial charge is 0.270 e. The van der Waals surface area contributed by atoms with Crippen molar-refractivity contribution in [1.29, 1.82) is 0 Å². The Labute approximate surface area is 230 Å². The number of carbonyl (C=O) groups excluding carboxylic acids is 1. The number of aromatic nitrogens is 4. The van der Waals surface area contributed by atoms with Crippen LogP contribution < -0.4 is 5.32 Å². The Kier molecular flexibility index (Phi) is 9.79. The molecule has 37 heavy (non-hydrogen) atoms. The molecule has 0 radical (unpaired) electrons. The molecule has 11 heteroatoms. The molecule has 1 unspecified atom stereocenters. The first-order valence-electron chi connectivity index (χ1n) is 12.3. The quantitative estimate of drug-likeness (QED) is 0.196. The highest BCUT2D eigenvalue weighted by Crippen LogP contribution is 2.31. The molecule has 4 aromatic rings. The van der Waals surface area contributed by atoms with Crippen LogP contribution in [0.4, 0.5) is 0 Å². The largest absolute Gasteiger partial charge is 0.461 e. The minimum Gasteiger partial charge on any atom is -0.461 e. The fourth-order valence-corrected chi connectivity index (χ4v) is 5.76. The second-order valence-electron chi connectivity index (χ2n) is 8.55. The number of nitrogens with one attached hydrogen (secondary N) is 1. The Morgan fingerprint density at radius 2 is 2.00 bits per heavy atom. The van der Waals surface area contributed by atoms with Crippen LogP contribution in [0.2, 0.25) is 5.02 Å². The van der Waals surface area contributed by atoms with Crippen LogP contribution in [-0.2, 0) is 5.75 Å². The molecule has 1 N–H and O–H groups in total. The molecule has 0 aliphatic rings. The molecular weight excluding hydrogens is 528 g/mol. The fourth-order valence-electron chi connectivity index (χ4n) is 3.89. The first kappa shape index (κ1) is 27.4. The van der Waals surface area contributed by atoms with Crippen molar-refractivity contribution >= 4 is 40.6 Å². The molecule has 0 aliphatic heterocycles. The molecule has 196 valence electrons. The van der Waals surface area contributed by atoms with E-state index in [1.807, 2.05) is 53.3 Å². The van der Waals surface area contributed by atoms with Gasteiger partial charge in [0.2, 0.25) is 5.82 Å². The lowest BCUT2D eigenvalue weighted by Crippen LogP contribution is -2.33. The average molecular weight is 559 g/mol. The number of halogens is 1. The van der Waals surface area contributed by atoms with Crippen molar-refractivity contribution in [3.63, 3.8) is 0 Å². The number of rotatable bonds is 13. The van der Waals surface area contributed by atoms with Crippen molar-refractivity contribution in [3.8, 4) is 17.3 Å². The maximum atomic E-state index is 12.7. The first-order chi connectivity index (χ1) is 18.0. The lowest BCUT2D eigenvalue weighted by molar-refractivity contribution is 0.0932. The van der Waals surface area contributed by atoms with Crippen LogP contribution in [0.5, 0.6) is 0 Å². The van der Waals surface area contributed by atoms with E-state index in [2.05, 4.69) is 39.2 Å². The van der Waals surface area contributed by atoms with E-state index >= 15 is 0 Å². The van der Waals surface area contributed by atoms with Gasteiger partial charge in [-0.2, -0.15) is 0 Å². The number of nitrogens with zero attached hydrogens (tertiary/aromatic N) is 5. The van der Waals surface area contributed by atoms with Crippen molar-refractivity contribution in [3.05, 3.63) is 63.8 Å². The van der Waals surface area contributed by atoms with Gasteiger partial charge in [-0.15, -0.1) is 21.5 Å². The SMILES string of the molecule is CCN(CC)CCCC(C)NC(=O)c1csc(CSc2nnc(-c3ccco3)n2-c2ccc(Cl)cc2)n1. The van der Waals surface area contributed by atoms with Crippen molar-refractivity contribution in [1.82, 2.24) is 30.0 Å². The van der Waals surface area contributed by atoms with Gasteiger partial charge in [0, 0.05) is 22.1 Å². The third-order valence-electron chi connectivity index (χ3n) is 5.95. The topological polar surface area (TPSA) is 89.1 Å². The standard InChI is InChI=1S/C26H31ClN6O2S2/c1-4-32(5-2)14-6-8-18(3)28-25(34)21-16-36-23(29-21)17-37-26-31-30-24(22-9-7-15-35-22)33(26)20-12-10-19(27)11-13-20/h7,9-13,15-16,18H,4-6,8,14,17H2,1-3H3,(H,28,34). The highest BCUT2D eigenvalue weighted by molar-refractivity contribution is 7.98. The van der Waals surface area contributed by atoms with E-state index in [0.29, 0.717) is 33.2 Å². The van der Waals surface area contributed by atoms with Crippen LogP contribution in [0, 0.1) is 0 Å². The molecule has 3 aromatic heterocycles. The molecule has 1 aromatic carbocycles. The summed E-state index contributed by atoms with van der Waals surface area (Å²) in [6, 6.07) is 11.2. The summed E-state index contributed by atoms with van der Waals surface area (Å²) in [5.74, 6) is 1.64. The Morgan fingerprint density at radius 3 is 2.70 bits per heavy atom. The van der Waals surface area contributed by atoms with E-state index in [1.165, 1.54) is 23.1 Å². The molecule has 0 bridgehead atoms. The minimum absolute atomic E-state index is 0.0977. The van der Waals surface area contributed by atoms with E-state index in [0.717, 1.165) is 43.2 Å². The van der Waals surface area contributed by atoms with Crippen LogP contribution in [-0.4, -0.2) is 56.2 Å². The Morgan fingerprint density at radius 1 is 1.22 bits per heavy atom. The number of furan rings is 1. The molecule has 0 fully saturated rings. The van der Waals surface area contributed by atoms with Gasteiger partial charge >= 0.3 is 0 Å². The summed E-state index contributed by atoms with van der Waals surface area (Å²) in [6.45, 7) is 9.55. The summed E-state index contributed by atoms with van der Waals surface area (Å²) in [7, 11) is 0. The molecule has 0 saturated carbocycles. The van der Waals surface area contributed by atoms with Crippen LogP contribution in [0.3, 0.4) is 0 Å². The zero-order valence-electron chi connectivity index (χ0n) is 21.2. The van der Waals surface area contributed by atoms with Gasteiger partial charge in [0.25, 0.3) is 5.91 Å². The summed E-state index contributed by atoms with van der Waals surface area (Å²) in [5, 5.41) is 15.8. The van der Waals surface area contributed by atoms with Gasteiger partial charge in [0.1, 0.15) is 10.7 Å². The van der Waals surface area contributed by atoms with Crippen LogP contribution >= 0.6 is 34.7 Å². The van der Waals surface area contributed by atoms with Gasteiger partial charge in [0.05, 0.1) is 12.0 Å². The van der Waals surface area contributed by atoms with E-state index in [4.69, 9.17) is 16.0 Å². The van der Waals surface area contributed by atoms with Crippen LogP contribution in [0.1, 0.15) is 49.1 Å². The lowest BCUT2D eigenvalue weighted by Gasteiger charge is -2.19. The van der Waals surface area contributed by atoms with Crippen molar-refractivity contribution < 1.29 is 9.21 Å². The third kappa shape index (κ3) is 7.22. The fraction of sp³-hybridized carbons (Fsp3) is 0.385. The summed E-state index contributed by atoms with van der Waals surface area (Å²) in [5.41, 5.74) is 1.32. The van der Waals surface area contributed by atoms with Gasteiger partial charge in [0.15, 0.2) is 10.9 Å². The molecular formula is C26H31ClN6O2S2. The Balaban J connectivity index is 1.38. The second-order valence-corrected chi connectivity index (χ2v) is 10.9. The highest BCUT2D eigenvalue weighted by Gasteiger charge is 2.19. The van der Waals surface area contributed by atoms with Crippen molar-refractivity contribution in [2.24, 2.45) is 0 Å². The normalized spacial score (nSPS) is 12.2. The Bertz CT molecular complexity index is 1270.